The molecule has 15 heavy (non-hydrogen) atoms. The Morgan fingerprint density at radius 3 is 2.67 bits per heavy atom. The van der Waals surface area contributed by atoms with Gasteiger partial charge in [-0.25, -0.2) is 0 Å². The number of hydrogen-bond donors (Lipinski definition) is 2. The van der Waals surface area contributed by atoms with Gasteiger partial charge in [0, 0.05) is 13.1 Å². The lowest BCUT2D eigenvalue weighted by atomic mass is 9.91. The standard InChI is InChI=1S/C9H15N3O2S/c1-9(2,7(10)15)8(14)12-4-3-11-6(13)5-12/h3-5H2,1-2H3,(H2,10,15)(H,11,13). The summed E-state index contributed by atoms with van der Waals surface area (Å²) in [5.41, 5.74) is 4.61. The highest BCUT2D eigenvalue weighted by Gasteiger charge is 2.36. The van der Waals surface area contributed by atoms with E-state index in [0.717, 1.165) is 0 Å². The first-order chi connectivity index (χ1) is 6.85. The third-order valence-electron chi connectivity index (χ3n) is 2.48. The summed E-state index contributed by atoms with van der Waals surface area (Å²) in [5, 5.41) is 2.65. The van der Waals surface area contributed by atoms with Crippen LogP contribution in [0, 0.1) is 5.41 Å². The zero-order chi connectivity index (χ0) is 11.6. The second-order valence-electron chi connectivity index (χ2n) is 4.07. The van der Waals surface area contributed by atoms with Gasteiger partial charge < -0.3 is 16.0 Å². The van der Waals surface area contributed by atoms with E-state index >= 15 is 0 Å². The molecule has 0 atom stereocenters. The molecule has 0 aromatic carbocycles. The Balaban J connectivity index is 2.75. The van der Waals surface area contributed by atoms with E-state index in [-0.39, 0.29) is 23.3 Å². The second kappa shape index (κ2) is 4.14. The van der Waals surface area contributed by atoms with E-state index < -0.39 is 5.41 Å². The van der Waals surface area contributed by atoms with E-state index in [4.69, 9.17) is 18.0 Å². The Morgan fingerprint density at radius 2 is 2.20 bits per heavy atom. The van der Waals surface area contributed by atoms with Crippen LogP contribution in [0.1, 0.15) is 13.8 Å². The number of rotatable bonds is 2. The van der Waals surface area contributed by atoms with Crippen LogP contribution in [0.25, 0.3) is 0 Å². The lowest BCUT2D eigenvalue weighted by molar-refractivity contribution is -0.142. The largest absolute Gasteiger partial charge is 0.392 e. The molecule has 1 aliphatic heterocycles. The SMILES string of the molecule is CC(C)(C(=O)N1CCNC(=O)C1)C(N)=S. The maximum absolute atomic E-state index is 12.0. The highest BCUT2D eigenvalue weighted by Crippen LogP contribution is 2.19. The van der Waals surface area contributed by atoms with E-state index in [0.29, 0.717) is 13.1 Å². The molecule has 84 valence electrons. The summed E-state index contributed by atoms with van der Waals surface area (Å²) in [6, 6.07) is 0. The van der Waals surface area contributed by atoms with E-state index in [9.17, 15) is 9.59 Å². The second-order valence-corrected chi connectivity index (χ2v) is 4.51. The highest BCUT2D eigenvalue weighted by molar-refractivity contribution is 7.80. The number of nitrogens with zero attached hydrogens (tertiary/aromatic N) is 1. The number of hydrogen-bond acceptors (Lipinski definition) is 3. The van der Waals surface area contributed by atoms with Crippen LogP contribution in [0.4, 0.5) is 0 Å². The van der Waals surface area contributed by atoms with Gasteiger partial charge in [-0.1, -0.05) is 12.2 Å². The third-order valence-corrected chi connectivity index (χ3v) is 2.99. The fourth-order valence-corrected chi connectivity index (χ4v) is 1.40. The molecular weight excluding hydrogens is 214 g/mol. The van der Waals surface area contributed by atoms with Crippen LogP contribution < -0.4 is 11.1 Å². The minimum Gasteiger partial charge on any atom is -0.392 e. The molecule has 0 bridgehead atoms. The first-order valence-electron chi connectivity index (χ1n) is 4.71. The molecule has 3 N–H and O–H groups in total. The van der Waals surface area contributed by atoms with Crippen molar-refractivity contribution in [3.63, 3.8) is 0 Å². The van der Waals surface area contributed by atoms with Gasteiger partial charge in [0.25, 0.3) is 0 Å². The average Bonchev–Trinajstić information content (AvgIpc) is 2.16. The van der Waals surface area contributed by atoms with Gasteiger partial charge in [-0.15, -0.1) is 0 Å². The summed E-state index contributed by atoms with van der Waals surface area (Å²) in [4.78, 5) is 24.7. The summed E-state index contributed by atoms with van der Waals surface area (Å²) in [6.07, 6.45) is 0. The van der Waals surface area contributed by atoms with Crippen molar-refractivity contribution in [2.24, 2.45) is 11.1 Å². The van der Waals surface area contributed by atoms with Crippen molar-refractivity contribution >= 4 is 29.0 Å². The molecule has 0 unspecified atom stereocenters. The molecule has 0 radical (unpaired) electrons. The van der Waals surface area contributed by atoms with E-state index in [2.05, 4.69) is 5.32 Å². The number of carbonyl (C=O) groups is 2. The van der Waals surface area contributed by atoms with Crippen LogP contribution in [-0.4, -0.2) is 41.3 Å². The molecule has 0 spiro atoms. The molecule has 0 aliphatic carbocycles. The molecule has 1 aliphatic rings. The monoisotopic (exact) mass is 229 g/mol. The zero-order valence-electron chi connectivity index (χ0n) is 8.87. The minimum atomic E-state index is -0.882. The van der Waals surface area contributed by atoms with Gasteiger partial charge in [0.15, 0.2) is 0 Å². The summed E-state index contributed by atoms with van der Waals surface area (Å²) < 4.78 is 0. The number of carbonyl (C=O) groups excluding carboxylic acids is 2. The van der Waals surface area contributed by atoms with E-state index in [1.165, 1.54) is 4.90 Å². The summed E-state index contributed by atoms with van der Waals surface area (Å²) in [5.74, 6) is -0.335. The summed E-state index contributed by atoms with van der Waals surface area (Å²) >= 11 is 4.84. The van der Waals surface area contributed by atoms with Crippen molar-refractivity contribution in [3.05, 3.63) is 0 Å². The third kappa shape index (κ3) is 2.44. The summed E-state index contributed by atoms with van der Waals surface area (Å²) in [7, 11) is 0. The Morgan fingerprint density at radius 1 is 1.60 bits per heavy atom. The number of nitrogens with two attached hydrogens (primary N) is 1. The smallest absolute Gasteiger partial charge is 0.239 e. The highest BCUT2D eigenvalue weighted by atomic mass is 32.1. The number of nitrogens with one attached hydrogen (secondary N) is 1. The molecule has 0 aromatic rings. The zero-order valence-corrected chi connectivity index (χ0v) is 9.69. The summed E-state index contributed by atoms with van der Waals surface area (Å²) in [6.45, 7) is 4.42. The maximum atomic E-state index is 12.0. The minimum absolute atomic E-state index is 0.0882. The van der Waals surface area contributed by atoms with Gasteiger partial charge in [0.05, 0.1) is 16.9 Å². The topological polar surface area (TPSA) is 75.4 Å². The molecule has 2 amide bonds. The van der Waals surface area contributed by atoms with Gasteiger partial charge in [-0.05, 0) is 13.8 Å². The van der Waals surface area contributed by atoms with Gasteiger partial charge in [-0.3, -0.25) is 9.59 Å². The molecule has 6 heteroatoms. The molecule has 1 rings (SSSR count). The maximum Gasteiger partial charge on any atom is 0.239 e. The molecule has 1 heterocycles. The van der Waals surface area contributed by atoms with Crippen molar-refractivity contribution in [2.45, 2.75) is 13.8 Å². The van der Waals surface area contributed by atoms with Gasteiger partial charge >= 0.3 is 0 Å². The molecule has 0 aromatic heterocycles. The Hall–Kier alpha value is -1.17. The predicted octanol–water partition coefficient (Wildman–Crippen LogP) is -0.743. The molecular formula is C9H15N3O2S. The first-order valence-corrected chi connectivity index (χ1v) is 5.12. The molecule has 0 saturated carbocycles. The Kier molecular flexibility index (Phi) is 3.28. The average molecular weight is 229 g/mol. The fraction of sp³-hybridized carbons (Fsp3) is 0.667. The lowest BCUT2D eigenvalue weighted by Crippen LogP contribution is -2.55. The van der Waals surface area contributed by atoms with Crippen molar-refractivity contribution in [2.75, 3.05) is 19.6 Å². The predicted molar refractivity (Wildman–Crippen MR) is 60.2 cm³/mol. The van der Waals surface area contributed by atoms with Crippen LogP contribution in [-0.2, 0) is 9.59 Å². The number of amides is 2. The van der Waals surface area contributed by atoms with Crippen LogP contribution in [0.3, 0.4) is 0 Å². The molecule has 1 saturated heterocycles. The van der Waals surface area contributed by atoms with Crippen LogP contribution in [0.15, 0.2) is 0 Å². The van der Waals surface area contributed by atoms with Gasteiger partial charge in [0.2, 0.25) is 11.8 Å². The molecule has 1 fully saturated rings. The Labute approximate surface area is 94.0 Å². The van der Waals surface area contributed by atoms with Crippen molar-refractivity contribution < 1.29 is 9.59 Å². The normalized spacial score (nSPS) is 17.2. The lowest BCUT2D eigenvalue weighted by Gasteiger charge is -2.33. The quantitative estimate of drug-likeness (QED) is 0.611. The van der Waals surface area contributed by atoms with E-state index in [1.807, 2.05) is 0 Å². The van der Waals surface area contributed by atoms with Gasteiger partial charge in [-0.2, -0.15) is 0 Å². The van der Waals surface area contributed by atoms with Crippen molar-refractivity contribution in [1.82, 2.24) is 10.2 Å². The van der Waals surface area contributed by atoms with Crippen LogP contribution in [0.2, 0.25) is 0 Å². The fourth-order valence-electron chi connectivity index (χ4n) is 1.31. The number of thiocarbonyl (C=S) groups is 1. The number of piperazine rings is 1. The van der Waals surface area contributed by atoms with Gasteiger partial charge in [0.1, 0.15) is 0 Å². The van der Waals surface area contributed by atoms with Crippen molar-refractivity contribution in [3.8, 4) is 0 Å². The molecule has 5 nitrogen and oxygen atoms in total. The van der Waals surface area contributed by atoms with Crippen LogP contribution >= 0.6 is 12.2 Å². The first kappa shape index (κ1) is 11.9. The van der Waals surface area contributed by atoms with Crippen LogP contribution in [0.5, 0.6) is 0 Å². The van der Waals surface area contributed by atoms with Crippen molar-refractivity contribution in [1.29, 1.82) is 0 Å². The van der Waals surface area contributed by atoms with E-state index in [1.54, 1.807) is 13.8 Å². The Bertz CT molecular complexity index is 314.